The second kappa shape index (κ2) is 7.47. The van der Waals surface area contributed by atoms with Crippen molar-refractivity contribution in [1.29, 1.82) is 0 Å². The van der Waals surface area contributed by atoms with Crippen LogP contribution in [0.3, 0.4) is 0 Å². The second-order valence-corrected chi connectivity index (χ2v) is 7.11. The molecule has 1 aliphatic rings. The molecule has 1 heterocycles. The quantitative estimate of drug-likeness (QED) is 0.729. The van der Waals surface area contributed by atoms with Crippen LogP contribution in [0.5, 0.6) is 0 Å². The zero-order valence-corrected chi connectivity index (χ0v) is 16.0. The van der Waals surface area contributed by atoms with Crippen molar-refractivity contribution in [2.24, 2.45) is 0 Å². The van der Waals surface area contributed by atoms with Crippen LogP contribution in [0.15, 0.2) is 42.5 Å². The Morgan fingerprint density at radius 1 is 1.11 bits per heavy atom. The van der Waals surface area contributed by atoms with E-state index in [9.17, 15) is 22.8 Å². The molecule has 0 aromatic heterocycles. The predicted octanol–water partition coefficient (Wildman–Crippen LogP) is 4.54. The van der Waals surface area contributed by atoms with Crippen LogP contribution >= 0.6 is 11.6 Å². The molecule has 28 heavy (non-hydrogen) atoms. The van der Waals surface area contributed by atoms with Crippen molar-refractivity contribution in [3.8, 4) is 0 Å². The molecule has 8 heteroatoms. The number of nitrogens with zero attached hydrogens (tertiary/aromatic N) is 2. The summed E-state index contributed by atoms with van der Waals surface area (Å²) in [6, 6.07) is 8.49. The molecule has 0 radical (unpaired) electrons. The molecule has 0 N–H and O–H groups in total. The number of piperazine rings is 1. The number of amides is 2. The number of rotatable bonds is 2. The Kier molecular flexibility index (Phi) is 5.39. The van der Waals surface area contributed by atoms with E-state index >= 15 is 0 Å². The standard InChI is InChI=1S/C20H18ClF3N2O2/c1-12-11-16(21)7-8-17(12)26-10-9-25(13(2)18(26)27)19(28)14-3-5-15(6-4-14)20(22,23)24/h3-8,11,13H,9-10H2,1-2H3/t13-/m1/s1. The lowest BCUT2D eigenvalue weighted by Crippen LogP contribution is -2.57. The molecule has 2 aromatic carbocycles. The largest absolute Gasteiger partial charge is 0.416 e. The summed E-state index contributed by atoms with van der Waals surface area (Å²) in [4.78, 5) is 28.6. The summed E-state index contributed by atoms with van der Waals surface area (Å²) >= 11 is 5.97. The molecular weight excluding hydrogens is 393 g/mol. The number of hydrogen-bond donors (Lipinski definition) is 0. The van der Waals surface area contributed by atoms with Gasteiger partial charge < -0.3 is 9.80 Å². The van der Waals surface area contributed by atoms with Crippen LogP contribution in [0.4, 0.5) is 18.9 Å². The molecule has 0 spiro atoms. The van der Waals surface area contributed by atoms with E-state index < -0.39 is 23.7 Å². The summed E-state index contributed by atoms with van der Waals surface area (Å²) in [5, 5.41) is 0.567. The fourth-order valence-electron chi connectivity index (χ4n) is 3.28. The number of halogens is 4. The van der Waals surface area contributed by atoms with Crippen molar-refractivity contribution < 1.29 is 22.8 Å². The summed E-state index contributed by atoms with van der Waals surface area (Å²) in [5.74, 6) is -0.723. The topological polar surface area (TPSA) is 40.6 Å². The van der Waals surface area contributed by atoms with E-state index in [1.54, 1.807) is 30.0 Å². The van der Waals surface area contributed by atoms with Gasteiger partial charge in [0.2, 0.25) is 5.91 Å². The SMILES string of the molecule is Cc1cc(Cl)ccc1N1CCN(C(=O)c2ccc(C(F)(F)F)cc2)[C@H](C)C1=O. The summed E-state index contributed by atoms with van der Waals surface area (Å²) in [7, 11) is 0. The number of anilines is 1. The number of hydrogen-bond acceptors (Lipinski definition) is 2. The molecule has 1 saturated heterocycles. The Morgan fingerprint density at radius 2 is 1.75 bits per heavy atom. The van der Waals surface area contributed by atoms with E-state index in [1.807, 2.05) is 6.92 Å². The molecule has 0 bridgehead atoms. The third-order valence-corrected chi connectivity index (χ3v) is 5.06. The zero-order valence-electron chi connectivity index (χ0n) is 15.3. The number of aryl methyl sites for hydroxylation is 1. The molecule has 148 valence electrons. The molecule has 1 aliphatic heterocycles. The minimum absolute atomic E-state index is 0.115. The van der Waals surface area contributed by atoms with Crippen LogP contribution in [0.1, 0.15) is 28.4 Å². The van der Waals surface area contributed by atoms with Crippen molar-refractivity contribution in [3.05, 3.63) is 64.2 Å². The van der Waals surface area contributed by atoms with Crippen molar-refractivity contribution in [2.45, 2.75) is 26.1 Å². The summed E-state index contributed by atoms with van der Waals surface area (Å²) in [6.45, 7) is 4.02. The van der Waals surface area contributed by atoms with Crippen LogP contribution in [0.2, 0.25) is 5.02 Å². The molecule has 0 saturated carbocycles. The maximum Gasteiger partial charge on any atom is 0.416 e. The molecule has 2 aromatic rings. The van der Waals surface area contributed by atoms with Gasteiger partial charge in [0.25, 0.3) is 5.91 Å². The lowest BCUT2D eigenvalue weighted by Gasteiger charge is -2.39. The Bertz CT molecular complexity index is 913. The van der Waals surface area contributed by atoms with E-state index in [1.165, 1.54) is 4.90 Å². The van der Waals surface area contributed by atoms with Crippen LogP contribution in [-0.2, 0) is 11.0 Å². The minimum atomic E-state index is -4.47. The lowest BCUT2D eigenvalue weighted by molar-refractivity contribution is -0.137. The highest BCUT2D eigenvalue weighted by Crippen LogP contribution is 2.30. The number of carbonyl (C=O) groups is 2. The van der Waals surface area contributed by atoms with E-state index in [2.05, 4.69) is 0 Å². The van der Waals surface area contributed by atoms with Crippen LogP contribution < -0.4 is 4.90 Å². The highest BCUT2D eigenvalue weighted by atomic mass is 35.5. The normalized spacial score (nSPS) is 17.8. The first-order valence-corrected chi connectivity index (χ1v) is 9.03. The number of benzene rings is 2. The molecule has 1 fully saturated rings. The minimum Gasteiger partial charge on any atom is -0.325 e. The zero-order chi connectivity index (χ0) is 20.6. The van der Waals surface area contributed by atoms with Gasteiger partial charge in [0.05, 0.1) is 5.56 Å². The van der Waals surface area contributed by atoms with Crippen LogP contribution in [0, 0.1) is 6.92 Å². The maximum absolute atomic E-state index is 12.8. The monoisotopic (exact) mass is 410 g/mol. The Labute approximate surface area is 165 Å². The van der Waals surface area contributed by atoms with Crippen LogP contribution in [-0.4, -0.2) is 35.8 Å². The van der Waals surface area contributed by atoms with Crippen molar-refractivity contribution in [1.82, 2.24) is 4.90 Å². The van der Waals surface area contributed by atoms with Crippen LogP contribution in [0.25, 0.3) is 0 Å². The molecule has 4 nitrogen and oxygen atoms in total. The van der Waals surface area contributed by atoms with Gasteiger partial charge in [-0.05, 0) is 61.9 Å². The third-order valence-electron chi connectivity index (χ3n) is 4.83. The highest BCUT2D eigenvalue weighted by molar-refractivity contribution is 6.30. The second-order valence-electron chi connectivity index (χ2n) is 6.67. The van der Waals surface area contributed by atoms with Gasteiger partial charge >= 0.3 is 6.18 Å². The average Bonchev–Trinajstić information content (AvgIpc) is 2.63. The Hall–Kier alpha value is -2.54. The first kappa shape index (κ1) is 20.2. The number of alkyl halides is 3. The molecular formula is C20H18ClF3N2O2. The summed E-state index contributed by atoms with van der Waals surface area (Å²) in [5.41, 5.74) is 0.860. The predicted molar refractivity (Wildman–Crippen MR) is 100 cm³/mol. The lowest BCUT2D eigenvalue weighted by atomic mass is 10.1. The smallest absolute Gasteiger partial charge is 0.325 e. The van der Waals surface area contributed by atoms with Gasteiger partial charge in [-0.3, -0.25) is 9.59 Å². The molecule has 0 aliphatic carbocycles. The van der Waals surface area contributed by atoms with Crippen molar-refractivity contribution >= 4 is 29.1 Å². The van der Waals surface area contributed by atoms with Gasteiger partial charge in [0, 0.05) is 29.4 Å². The van der Waals surface area contributed by atoms with Gasteiger partial charge in [0.15, 0.2) is 0 Å². The van der Waals surface area contributed by atoms with Gasteiger partial charge in [-0.1, -0.05) is 11.6 Å². The van der Waals surface area contributed by atoms with Gasteiger partial charge in [-0.25, -0.2) is 0 Å². The Balaban J connectivity index is 1.79. The van der Waals surface area contributed by atoms with E-state index in [4.69, 9.17) is 11.6 Å². The van der Waals surface area contributed by atoms with Gasteiger partial charge in [-0.2, -0.15) is 13.2 Å². The molecule has 1 atom stereocenters. The fourth-order valence-corrected chi connectivity index (χ4v) is 3.50. The van der Waals surface area contributed by atoms with Crippen molar-refractivity contribution in [2.75, 3.05) is 18.0 Å². The first-order chi connectivity index (χ1) is 13.1. The van der Waals surface area contributed by atoms with Crippen molar-refractivity contribution in [3.63, 3.8) is 0 Å². The number of carbonyl (C=O) groups excluding carboxylic acids is 2. The van der Waals surface area contributed by atoms with E-state index in [-0.39, 0.29) is 24.6 Å². The third kappa shape index (κ3) is 3.85. The van der Waals surface area contributed by atoms with Gasteiger partial charge in [-0.15, -0.1) is 0 Å². The molecule has 3 rings (SSSR count). The Morgan fingerprint density at radius 3 is 2.32 bits per heavy atom. The highest BCUT2D eigenvalue weighted by Gasteiger charge is 2.36. The van der Waals surface area contributed by atoms with Gasteiger partial charge in [0.1, 0.15) is 6.04 Å². The first-order valence-electron chi connectivity index (χ1n) is 8.65. The summed E-state index contributed by atoms with van der Waals surface area (Å²) in [6.07, 6.45) is -4.47. The maximum atomic E-state index is 12.8. The van der Waals surface area contributed by atoms with E-state index in [0.29, 0.717) is 5.02 Å². The average molecular weight is 411 g/mol. The molecule has 0 unspecified atom stereocenters. The summed E-state index contributed by atoms with van der Waals surface area (Å²) < 4.78 is 38.1. The van der Waals surface area contributed by atoms with E-state index in [0.717, 1.165) is 35.5 Å². The fraction of sp³-hybridized carbons (Fsp3) is 0.300. The molecule has 2 amide bonds.